The maximum Gasteiger partial charge on any atom is 0.258 e. The first kappa shape index (κ1) is 18.8. The summed E-state index contributed by atoms with van der Waals surface area (Å²) in [6.45, 7) is 0.507. The van der Waals surface area contributed by atoms with Crippen LogP contribution in [0.2, 0.25) is 5.02 Å². The van der Waals surface area contributed by atoms with Crippen LogP contribution in [0.15, 0.2) is 91.3 Å². The SMILES string of the molecule is O=C(Nc1ccc(Nc2ccccc2)cc1)c1cnn(Cc2ccccc2Cl)c1. The number of nitrogens with one attached hydrogen (secondary N) is 2. The lowest BCUT2D eigenvalue weighted by Gasteiger charge is -2.08. The second kappa shape index (κ2) is 8.63. The van der Waals surface area contributed by atoms with E-state index in [-0.39, 0.29) is 5.91 Å². The maximum atomic E-state index is 12.5. The molecule has 0 radical (unpaired) electrons. The lowest BCUT2D eigenvalue weighted by atomic mass is 10.2. The molecule has 1 aromatic heterocycles. The molecule has 0 fully saturated rings. The van der Waals surface area contributed by atoms with Crippen molar-refractivity contribution in [3.63, 3.8) is 0 Å². The molecular formula is C23H19ClN4O. The normalized spacial score (nSPS) is 10.5. The summed E-state index contributed by atoms with van der Waals surface area (Å²) in [7, 11) is 0. The molecular weight excluding hydrogens is 384 g/mol. The molecule has 0 aliphatic carbocycles. The van der Waals surface area contributed by atoms with Gasteiger partial charge in [0.2, 0.25) is 0 Å². The lowest BCUT2D eigenvalue weighted by molar-refractivity contribution is 0.102. The van der Waals surface area contributed by atoms with E-state index in [1.165, 1.54) is 0 Å². The number of hydrogen-bond acceptors (Lipinski definition) is 3. The van der Waals surface area contributed by atoms with Gasteiger partial charge in [0.25, 0.3) is 5.91 Å². The fourth-order valence-electron chi connectivity index (χ4n) is 2.90. The number of benzene rings is 3. The Kier molecular flexibility index (Phi) is 5.59. The van der Waals surface area contributed by atoms with Crippen molar-refractivity contribution in [1.82, 2.24) is 9.78 Å². The van der Waals surface area contributed by atoms with Crippen molar-refractivity contribution in [3.05, 3.63) is 107 Å². The van der Waals surface area contributed by atoms with Gasteiger partial charge in [-0.25, -0.2) is 0 Å². The Balaban J connectivity index is 1.38. The Bertz CT molecular complexity index is 1110. The van der Waals surface area contributed by atoms with Crippen LogP contribution in [0.25, 0.3) is 0 Å². The molecule has 0 aliphatic rings. The highest BCUT2D eigenvalue weighted by Crippen LogP contribution is 2.19. The third-order valence-electron chi connectivity index (χ3n) is 4.39. The van der Waals surface area contributed by atoms with E-state index in [0.29, 0.717) is 22.8 Å². The zero-order valence-corrected chi connectivity index (χ0v) is 16.3. The second-order valence-corrected chi connectivity index (χ2v) is 6.95. The molecule has 0 atom stereocenters. The molecule has 1 heterocycles. The van der Waals surface area contributed by atoms with Crippen LogP contribution < -0.4 is 10.6 Å². The summed E-state index contributed by atoms with van der Waals surface area (Å²) in [5.74, 6) is -0.209. The number of carbonyl (C=O) groups is 1. The zero-order valence-electron chi connectivity index (χ0n) is 15.5. The molecule has 0 saturated heterocycles. The molecule has 0 aliphatic heterocycles. The van der Waals surface area contributed by atoms with E-state index in [2.05, 4.69) is 15.7 Å². The van der Waals surface area contributed by atoms with Gasteiger partial charge >= 0.3 is 0 Å². The van der Waals surface area contributed by atoms with Gasteiger partial charge in [0, 0.05) is 28.3 Å². The summed E-state index contributed by atoms with van der Waals surface area (Å²) in [6.07, 6.45) is 3.27. The fourth-order valence-corrected chi connectivity index (χ4v) is 3.09. The first-order chi connectivity index (χ1) is 14.2. The van der Waals surface area contributed by atoms with Gasteiger partial charge in [-0.05, 0) is 48.0 Å². The molecule has 0 unspecified atom stereocenters. The third kappa shape index (κ3) is 4.83. The van der Waals surface area contributed by atoms with Crippen LogP contribution in [0, 0.1) is 0 Å². The van der Waals surface area contributed by atoms with Crippen LogP contribution in [0.1, 0.15) is 15.9 Å². The molecule has 29 heavy (non-hydrogen) atoms. The van der Waals surface area contributed by atoms with Gasteiger partial charge < -0.3 is 10.6 Å². The van der Waals surface area contributed by atoms with Crippen LogP contribution in [-0.2, 0) is 6.54 Å². The Morgan fingerprint density at radius 3 is 2.28 bits per heavy atom. The molecule has 3 aromatic carbocycles. The van der Waals surface area contributed by atoms with Gasteiger partial charge in [-0.15, -0.1) is 0 Å². The van der Waals surface area contributed by atoms with Crippen LogP contribution in [-0.4, -0.2) is 15.7 Å². The molecule has 0 saturated carbocycles. The number of hydrogen-bond donors (Lipinski definition) is 2. The van der Waals surface area contributed by atoms with Crippen molar-refractivity contribution in [3.8, 4) is 0 Å². The number of rotatable bonds is 6. The van der Waals surface area contributed by atoms with Gasteiger partial charge in [-0.1, -0.05) is 48.0 Å². The number of carbonyl (C=O) groups excluding carboxylic acids is 1. The Morgan fingerprint density at radius 2 is 1.52 bits per heavy atom. The Hall–Kier alpha value is -3.57. The number of halogens is 1. The van der Waals surface area contributed by atoms with Crippen LogP contribution in [0.5, 0.6) is 0 Å². The molecule has 5 nitrogen and oxygen atoms in total. The van der Waals surface area contributed by atoms with Crippen LogP contribution in [0.3, 0.4) is 0 Å². The highest BCUT2D eigenvalue weighted by Gasteiger charge is 2.10. The van der Waals surface area contributed by atoms with Crippen molar-refractivity contribution in [2.45, 2.75) is 6.54 Å². The molecule has 0 bridgehead atoms. The molecule has 6 heteroatoms. The van der Waals surface area contributed by atoms with Gasteiger partial charge in [0.05, 0.1) is 18.3 Å². The smallest absolute Gasteiger partial charge is 0.258 e. The van der Waals surface area contributed by atoms with E-state index >= 15 is 0 Å². The van der Waals surface area contributed by atoms with E-state index in [4.69, 9.17) is 11.6 Å². The quantitative estimate of drug-likeness (QED) is 0.442. The largest absolute Gasteiger partial charge is 0.356 e. The summed E-state index contributed by atoms with van der Waals surface area (Å²) in [5, 5.41) is 11.1. The molecule has 2 N–H and O–H groups in total. The molecule has 1 amide bonds. The summed E-state index contributed by atoms with van der Waals surface area (Å²) in [5.41, 5.74) is 4.11. The lowest BCUT2D eigenvalue weighted by Crippen LogP contribution is -2.11. The maximum absolute atomic E-state index is 12.5. The Labute approximate surface area is 174 Å². The number of aromatic nitrogens is 2. The van der Waals surface area contributed by atoms with Gasteiger partial charge in [0.15, 0.2) is 0 Å². The minimum atomic E-state index is -0.209. The van der Waals surface area contributed by atoms with Crippen molar-refractivity contribution >= 4 is 34.6 Å². The summed E-state index contributed by atoms with van der Waals surface area (Å²) in [6, 6.07) is 25.1. The topological polar surface area (TPSA) is 59.0 Å². The number of amides is 1. The van der Waals surface area contributed by atoms with E-state index < -0.39 is 0 Å². The Morgan fingerprint density at radius 1 is 0.862 bits per heavy atom. The summed E-state index contributed by atoms with van der Waals surface area (Å²) in [4.78, 5) is 12.5. The zero-order chi connectivity index (χ0) is 20.1. The summed E-state index contributed by atoms with van der Waals surface area (Å²) >= 11 is 6.19. The van der Waals surface area contributed by atoms with Crippen molar-refractivity contribution in [2.24, 2.45) is 0 Å². The van der Waals surface area contributed by atoms with Crippen molar-refractivity contribution < 1.29 is 4.79 Å². The monoisotopic (exact) mass is 402 g/mol. The number of para-hydroxylation sites is 1. The number of nitrogens with zero attached hydrogens (tertiary/aromatic N) is 2. The first-order valence-corrected chi connectivity index (χ1v) is 9.54. The van der Waals surface area contributed by atoms with E-state index in [9.17, 15) is 4.79 Å². The van der Waals surface area contributed by atoms with E-state index in [0.717, 1.165) is 16.9 Å². The predicted molar refractivity (Wildman–Crippen MR) is 117 cm³/mol. The molecule has 4 rings (SSSR count). The fraction of sp³-hybridized carbons (Fsp3) is 0.0435. The van der Waals surface area contributed by atoms with Crippen molar-refractivity contribution in [1.29, 1.82) is 0 Å². The first-order valence-electron chi connectivity index (χ1n) is 9.17. The minimum absolute atomic E-state index is 0.209. The summed E-state index contributed by atoms with van der Waals surface area (Å²) < 4.78 is 1.70. The third-order valence-corrected chi connectivity index (χ3v) is 4.76. The standard InChI is InChI=1S/C23H19ClN4O/c24-22-9-5-4-6-17(22)15-28-16-18(14-25-28)23(29)27-21-12-10-20(11-13-21)26-19-7-2-1-3-8-19/h1-14,16,26H,15H2,(H,27,29). The average molecular weight is 403 g/mol. The number of anilines is 3. The van der Waals surface area contributed by atoms with Gasteiger partial charge in [0.1, 0.15) is 0 Å². The molecule has 144 valence electrons. The average Bonchev–Trinajstić information content (AvgIpc) is 3.21. The van der Waals surface area contributed by atoms with E-state index in [1.54, 1.807) is 17.1 Å². The molecule has 4 aromatic rings. The van der Waals surface area contributed by atoms with Gasteiger partial charge in [-0.3, -0.25) is 9.48 Å². The van der Waals surface area contributed by atoms with Crippen molar-refractivity contribution in [2.75, 3.05) is 10.6 Å². The highest BCUT2D eigenvalue weighted by molar-refractivity contribution is 6.31. The molecule has 0 spiro atoms. The minimum Gasteiger partial charge on any atom is -0.356 e. The highest BCUT2D eigenvalue weighted by atomic mass is 35.5. The second-order valence-electron chi connectivity index (χ2n) is 6.54. The van der Waals surface area contributed by atoms with Crippen LogP contribution >= 0.6 is 11.6 Å². The van der Waals surface area contributed by atoms with Gasteiger partial charge in [-0.2, -0.15) is 5.10 Å². The van der Waals surface area contributed by atoms with Crippen LogP contribution in [0.4, 0.5) is 17.1 Å². The van der Waals surface area contributed by atoms with E-state index in [1.807, 2.05) is 78.9 Å². The predicted octanol–water partition coefficient (Wildman–Crippen LogP) is 5.58.